The van der Waals surface area contributed by atoms with Crippen LogP contribution in [0.4, 0.5) is 36.8 Å². The molecule has 1 saturated carbocycles. The van der Waals surface area contributed by atoms with Crippen LogP contribution in [-0.4, -0.2) is 123 Å². The number of rotatable bonds is 11. The Kier molecular flexibility index (Phi) is 14.5. The van der Waals surface area contributed by atoms with E-state index in [0.29, 0.717) is 49.7 Å². The van der Waals surface area contributed by atoms with Gasteiger partial charge in [-0.2, -0.15) is 35.9 Å². The molecule has 22 heteroatoms. The molecule has 0 bridgehead atoms. The number of piperidine rings is 1. The smallest absolute Gasteiger partial charge is 0.377 e. The normalized spacial score (nSPS) is 24.2. The van der Waals surface area contributed by atoms with E-state index in [4.69, 9.17) is 10.00 Å². The lowest BCUT2D eigenvalue weighted by Crippen LogP contribution is -2.60. The summed E-state index contributed by atoms with van der Waals surface area (Å²) in [5.74, 6) is -2.72. The highest BCUT2D eigenvalue weighted by Gasteiger charge is 2.55. The quantitative estimate of drug-likeness (QED) is 0.127. The van der Waals surface area contributed by atoms with Gasteiger partial charge in [-0.25, -0.2) is 4.79 Å². The monoisotopic (exact) mass is 888 g/mol. The number of nitrogens with one attached hydrogen (secondary N) is 2. The second kappa shape index (κ2) is 18.6. The highest BCUT2D eigenvalue weighted by Crippen LogP contribution is 2.42. The number of nitriles is 1. The minimum absolute atomic E-state index is 0. The minimum Gasteiger partial charge on any atom is -0.377 e. The van der Waals surface area contributed by atoms with Gasteiger partial charge in [0.15, 0.2) is 0 Å². The summed E-state index contributed by atoms with van der Waals surface area (Å²) in [6.45, 7) is 2.83. The van der Waals surface area contributed by atoms with Crippen LogP contribution in [0.5, 0.6) is 0 Å². The SMILES string of the molecule is CC1(C)C(=O)N(Sc2ccc(C#N)c(C(F)(F)F)c2)C(=O)N1C1CCC(OCCN2CCN(CC(=O)Nc3ccc(C4CCC(=O)NC4=O)nc3)[C@@H](C(F)(F)F)C2)CC1.Cl. The standard InChI is InChI=1S/C38H42F6N8O6S.ClH/c1-36(2)34(56)52(59-26-9-3-22(18-45)28(17-26)37(39,40)41)35(57)51(36)24-5-7-25(8-6-24)58-16-15-49-13-14-50(30(20-49)38(42,43)44)21-32(54)47-23-4-11-29(46-19-23)27-10-12-31(53)48-33(27)55;/h3-4,9,11,17,19,24-25,27,30H,5-8,10,12-16,20-21H2,1-2H3,(H,47,54)(H,48,53,55);1H/t24?,25?,27?,30-;/m1./s1. The zero-order valence-electron chi connectivity index (χ0n) is 32.5. The number of ether oxygens (including phenoxy) is 1. The van der Waals surface area contributed by atoms with Gasteiger partial charge >= 0.3 is 18.4 Å². The number of benzene rings is 1. The largest absolute Gasteiger partial charge is 0.417 e. The Morgan fingerprint density at radius 1 is 1.03 bits per heavy atom. The predicted octanol–water partition coefficient (Wildman–Crippen LogP) is 5.48. The number of carbonyl (C=O) groups is 5. The number of hydrogen-bond acceptors (Lipinski definition) is 11. The summed E-state index contributed by atoms with van der Waals surface area (Å²) in [7, 11) is 0. The van der Waals surface area contributed by atoms with Crippen molar-refractivity contribution in [3.05, 3.63) is 53.3 Å². The molecule has 60 heavy (non-hydrogen) atoms. The number of imide groups is 2. The number of aromatic nitrogens is 1. The molecule has 0 spiro atoms. The molecule has 1 aromatic heterocycles. The van der Waals surface area contributed by atoms with E-state index >= 15 is 0 Å². The van der Waals surface area contributed by atoms with Gasteiger partial charge in [0, 0.05) is 43.5 Å². The Balaban J connectivity index is 0.00000683. The summed E-state index contributed by atoms with van der Waals surface area (Å²) in [6.07, 6.45) is -6.00. The molecule has 1 unspecified atom stereocenters. The Morgan fingerprint density at radius 3 is 2.37 bits per heavy atom. The number of nitrogens with zero attached hydrogens (tertiary/aromatic N) is 6. The molecule has 3 aliphatic heterocycles. The molecule has 6 amide bonds. The first-order valence-electron chi connectivity index (χ1n) is 19.0. The predicted molar refractivity (Wildman–Crippen MR) is 205 cm³/mol. The first-order chi connectivity index (χ1) is 27.8. The van der Waals surface area contributed by atoms with Crippen LogP contribution in [-0.2, 0) is 30.1 Å². The third-order valence-corrected chi connectivity index (χ3v) is 12.0. The Bertz CT molecular complexity index is 1990. The second-order valence-corrected chi connectivity index (χ2v) is 16.4. The highest BCUT2D eigenvalue weighted by atomic mass is 35.5. The van der Waals surface area contributed by atoms with Crippen LogP contribution in [0.2, 0.25) is 0 Å². The zero-order chi connectivity index (χ0) is 42.9. The van der Waals surface area contributed by atoms with E-state index in [1.54, 1.807) is 18.7 Å². The van der Waals surface area contributed by atoms with E-state index in [9.17, 15) is 50.3 Å². The molecular weight excluding hydrogens is 846 g/mol. The average molecular weight is 889 g/mol. The Hall–Kier alpha value is -4.49. The van der Waals surface area contributed by atoms with Crippen molar-refractivity contribution >= 4 is 59.7 Å². The fraction of sp³-hybridized carbons (Fsp3) is 0.553. The molecular formula is C38H43ClF6N8O6S. The lowest BCUT2D eigenvalue weighted by atomic mass is 9.89. The number of carbonyl (C=O) groups excluding carboxylic acids is 5. The van der Waals surface area contributed by atoms with E-state index in [0.717, 1.165) is 21.3 Å². The lowest BCUT2D eigenvalue weighted by Gasteiger charge is -2.42. The van der Waals surface area contributed by atoms with Crippen molar-refractivity contribution in [3.8, 4) is 6.07 Å². The van der Waals surface area contributed by atoms with Gasteiger partial charge in [0.25, 0.3) is 5.91 Å². The number of hydrogen-bond donors (Lipinski definition) is 2. The summed E-state index contributed by atoms with van der Waals surface area (Å²) in [6, 6.07) is 4.55. The van der Waals surface area contributed by atoms with Gasteiger partial charge in [-0.15, -0.1) is 12.4 Å². The Labute approximate surface area is 351 Å². The van der Waals surface area contributed by atoms with Gasteiger partial charge in [-0.05, 0) is 88.2 Å². The van der Waals surface area contributed by atoms with Crippen molar-refractivity contribution < 1.29 is 55.1 Å². The van der Waals surface area contributed by atoms with Gasteiger partial charge in [0.1, 0.15) is 11.6 Å². The molecule has 2 N–H and O–H groups in total. The molecule has 1 aromatic carbocycles. The van der Waals surface area contributed by atoms with E-state index < -0.39 is 71.3 Å². The molecule has 4 fully saturated rings. The van der Waals surface area contributed by atoms with E-state index in [1.165, 1.54) is 35.4 Å². The van der Waals surface area contributed by atoms with Crippen LogP contribution >= 0.6 is 24.4 Å². The van der Waals surface area contributed by atoms with Crippen molar-refractivity contribution in [3.63, 3.8) is 0 Å². The van der Waals surface area contributed by atoms with Crippen molar-refractivity contribution in [1.82, 2.24) is 29.3 Å². The first-order valence-corrected chi connectivity index (χ1v) is 19.7. The molecule has 6 rings (SSSR count). The van der Waals surface area contributed by atoms with Gasteiger partial charge < -0.3 is 15.0 Å². The van der Waals surface area contributed by atoms with Crippen LogP contribution in [0.1, 0.15) is 75.1 Å². The first kappa shape index (κ1) is 46.6. The maximum absolute atomic E-state index is 14.2. The number of anilines is 1. The van der Waals surface area contributed by atoms with E-state index in [-0.39, 0.29) is 80.2 Å². The molecule has 2 atom stereocenters. The van der Waals surface area contributed by atoms with Crippen LogP contribution in [0, 0.1) is 11.3 Å². The number of alkyl halides is 6. The van der Waals surface area contributed by atoms with Crippen molar-refractivity contribution in [1.29, 1.82) is 5.26 Å². The molecule has 14 nitrogen and oxygen atoms in total. The van der Waals surface area contributed by atoms with Crippen LogP contribution in [0.3, 0.4) is 0 Å². The van der Waals surface area contributed by atoms with Gasteiger partial charge in [-0.1, -0.05) is 0 Å². The number of urea groups is 1. The third kappa shape index (κ3) is 10.5. The van der Waals surface area contributed by atoms with Crippen molar-refractivity contribution in [2.45, 2.75) is 99.3 Å². The van der Waals surface area contributed by atoms with Crippen molar-refractivity contribution in [2.24, 2.45) is 0 Å². The third-order valence-electron chi connectivity index (χ3n) is 11.0. The molecule has 1 aliphatic carbocycles. The number of piperazine rings is 1. The minimum atomic E-state index is -4.81. The molecule has 2 aromatic rings. The maximum atomic E-state index is 14.2. The highest BCUT2D eigenvalue weighted by molar-refractivity contribution is 7.98. The van der Waals surface area contributed by atoms with Gasteiger partial charge in [0.2, 0.25) is 17.7 Å². The summed E-state index contributed by atoms with van der Waals surface area (Å²) in [5, 5.41) is 13.9. The average Bonchev–Trinajstić information content (AvgIpc) is 3.33. The molecule has 4 aliphatic rings. The number of halogens is 7. The van der Waals surface area contributed by atoms with Gasteiger partial charge in [-0.3, -0.25) is 39.3 Å². The fourth-order valence-corrected chi connectivity index (χ4v) is 8.91. The number of pyridine rings is 1. The second-order valence-electron chi connectivity index (χ2n) is 15.4. The molecule has 326 valence electrons. The summed E-state index contributed by atoms with van der Waals surface area (Å²) >= 11 is 0.562. The lowest BCUT2D eigenvalue weighted by molar-refractivity contribution is -0.197. The van der Waals surface area contributed by atoms with Crippen LogP contribution in [0.15, 0.2) is 41.4 Å². The van der Waals surface area contributed by atoms with Crippen molar-refractivity contribution in [2.75, 3.05) is 44.6 Å². The zero-order valence-corrected chi connectivity index (χ0v) is 34.1. The maximum Gasteiger partial charge on any atom is 0.417 e. The summed E-state index contributed by atoms with van der Waals surface area (Å²) < 4.78 is 90.2. The molecule has 0 radical (unpaired) electrons. The molecule has 3 saturated heterocycles. The Morgan fingerprint density at radius 2 is 1.75 bits per heavy atom. The van der Waals surface area contributed by atoms with Gasteiger partial charge in [0.05, 0.1) is 59.9 Å². The van der Waals surface area contributed by atoms with E-state index in [1.807, 2.05) is 0 Å². The topological polar surface area (TPSA) is 168 Å². The van der Waals surface area contributed by atoms with Crippen LogP contribution < -0.4 is 10.6 Å². The van der Waals surface area contributed by atoms with E-state index in [2.05, 4.69) is 15.6 Å². The molecule has 4 heterocycles. The summed E-state index contributed by atoms with van der Waals surface area (Å²) in [5.41, 5.74) is -2.40. The number of amides is 6. The van der Waals surface area contributed by atoms with Crippen LogP contribution in [0.25, 0.3) is 0 Å². The fourth-order valence-electron chi connectivity index (χ4n) is 7.93. The summed E-state index contributed by atoms with van der Waals surface area (Å²) in [4.78, 5) is 71.7.